The van der Waals surface area contributed by atoms with E-state index in [0.29, 0.717) is 0 Å². The van der Waals surface area contributed by atoms with E-state index in [-0.39, 0.29) is 0 Å². The third-order valence-corrected chi connectivity index (χ3v) is 1.85. The van der Waals surface area contributed by atoms with Gasteiger partial charge in [-0.3, -0.25) is 0 Å². The first-order chi connectivity index (χ1) is 7.59. The molecule has 4 nitrogen and oxygen atoms in total. The van der Waals surface area contributed by atoms with E-state index >= 15 is 0 Å². The lowest BCUT2D eigenvalue weighted by Gasteiger charge is -2.05. The molecule has 0 aromatic heterocycles. The summed E-state index contributed by atoms with van der Waals surface area (Å²) in [6.45, 7) is 0. The van der Waals surface area contributed by atoms with Crippen LogP contribution in [0.4, 0.5) is 0 Å². The lowest BCUT2D eigenvalue weighted by Crippen LogP contribution is -2.04. The summed E-state index contributed by atoms with van der Waals surface area (Å²) in [6, 6.07) is 8.02. The van der Waals surface area contributed by atoms with E-state index in [1.807, 2.05) is 64.9 Å². The van der Waals surface area contributed by atoms with Crippen LogP contribution in [0.2, 0.25) is 0 Å². The van der Waals surface area contributed by atoms with Crippen molar-refractivity contribution in [1.82, 2.24) is 10.0 Å². The van der Waals surface area contributed by atoms with E-state index in [0.717, 1.165) is 11.1 Å². The van der Waals surface area contributed by atoms with Crippen LogP contribution < -0.4 is 0 Å². The van der Waals surface area contributed by atoms with Crippen LogP contribution in [0.3, 0.4) is 0 Å². The summed E-state index contributed by atoms with van der Waals surface area (Å²) in [5.41, 5.74) is 2.11. The second-order valence-corrected chi connectivity index (χ2v) is 3.81. The molecule has 16 heavy (non-hydrogen) atoms. The van der Waals surface area contributed by atoms with E-state index in [1.54, 1.807) is 10.0 Å². The maximum Gasteiger partial charge on any atom is 0.0549 e. The summed E-state index contributed by atoms with van der Waals surface area (Å²) in [5, 5.41) is 12.0. The molecule has 0 aliphatic rings. The third kappa shape index (κ3) is 4.13. The van der Waals surface area contributed by atoms with Gasteiger partial charge in [0.05, 0.1) is 12.4 Å². The normalized spacial score (nSPS) is 11.2. The van der Waals surface area contributed by atoms with E-state index in [9.17, 15) is 0 Å². The Morgan fingerprint density at radius 2 is 1.19 bits per heavy atom. The highest BCUT2D eigenvalue weighted by Gasteiger charge is 1.95. The van der Waals surface area contributed by atoms with Crippen molar-refractivity contribution in [3.05, 3.63) is 35.4 Å². The second-order valence-electron chi connectivity index (χ2n) is 3.81. The Morgan fingerprint density at radius 3 is 1.50 bits per heavy atom. The predicted molar refractivity (Wildman–Crippen MR) is 69.0 cm³/mol. The SMILES string of the molecule is CN(C)N=Cc1ccccc1C=NN(C)C. The number of benzene rings is 1. The first-order valence-electron chi connectivity index (χ1n) is 5.11. The smallest absolute Gasteiger partial charge is 0.0549 e. The summed E-state index contributed by atoms with van der Waals surface area (Å²) in [6.07, 6.45) is 3.66. The lowest BCUT2D eigenvalue weighted by atomic mass is 10.1. The Kier molecular flexibility index (Phi) is 4.51. The zero-order valence-corrected chi connectivity index (χ0v) is 10.3. The fraction of sp³-hybridized carbons (Fsp3) is 0.333. The molecule has 0 N–H and O–H groups in total. The molecule has 0 aliphatic heterocycles. The van der Waals surface area contributed by atoms with Crippen molar-refractivity contribution in [3.8, 4) is 0 Å². The lowest BCUT2D eigenvalue weighted by molar-refractivity contribution is 0.440. The molecule has 0 bridgehead atoms. The highest BCUT2D eigenvalue weighted by molar-refractivity contribution is 5.93. The minimum Gasteiger partial charge on any atom is -0.303 e. The van der Waals surface area contributed by atoms with Gasteiger partial charge in [0.25, 0.3) is 0 Å². The monoisotopic (exact) mass is 218 g/mol. The average Bonchev–Trinajstić information content (AvgIpc) is 2.24. The maximum absolute atomic E-state index is 4.22. The van der Waals surface area contributed by atoms with E-state index < -0.39 is 0 Å². The third-order valence-electron chi connectivity index (χ3n) is 1.85. The molecule has 0 heterocycles. The quantitative estimate of drug-likeness (QED) is 0.566. The minimum absolute atomic E-state index is 1.06. The Hall–Kier alpha value is -1.84. The molecule has 0 atom stereocenters. The van der Waals surface area contributed by atoms with Crippen molar-refractivity contribution in [1.29, 1.82) is 0 Å². The zero-order chi connectivity index (χ0) is 12.0. The predicted octanol–water partition coefficient (Wildman–Crippen LogP) is 1.48. The number of rotatable bonds is 4. The Labute approximate surface area is 96.9 Å². The van der Waals surface area contributed by atoms with Crippen molar-refractivity contribution in [2.24, 2.45) is 10.2 Å². The molecule has 0 saturated heterocycles. The molecular weight excluding hydrogens is 200 g/mol. The Morgan fingerprint density at radius 1 is 0.812 bits per heavy atom. The van der Waals surface area contributed by atoms with Crippen LogP contribution >= 0.6 is 0 Å². The van der Waals surface area contributed by atoms with Crippen LogP contribution in [0, 0.1) is 0 Å². The van der Waals surface area contributed by atoms with Gasteiger partial charge in [-0.25, -0.2) is 0 Å². The van der Waals surface area contributed by atoms with Gasteiger partial charge in [0.15, 0.2) is 0 Å². The number of hydrogen-bond acceptors (Lipinski definition) is 4. The summed E-state index contributed by atoms with van der Waals surface area (Å²) in [5.74, 6) is 0. The number of hydrazone groups is 2. The molecule has 1 rings (SSSR count). The molecule has 0 radical (unpaired) electrons. The molecule has 0 amide bonds. The molecule has 86 valence electrons. The van der Waals surface area contributed by atoms with Gasteiger partial charge in [0.2, 0.25) is 0 Å². The van der Waals surface area contributed by atoms with Gasteiger partial charge >= 0.3 is 0 Å². The van der Waals surface area contributed by atoms with Crippen LogP contribution in [-0.2, 0) is 0 Å². The molecule has 0 unspecified atom stereocenters. The van der Waals surface area contributed by atoms with Crippen LogP contribution in [0.25, 0.3) is 0 Å². The minimum atomic E-state index is 1.06. The second kappa shape index (κ2) is 5.90. The van der Waals surface area contributed by atoms with Gasteiger partial charge in [0, 0.05) is 39.3 Å². The van der Waals surface area contributed by atoms with E-state index in [1.165, 1.54) is 0 Å². The molecule has 0 aliphatic carbocycles. The molecule has 1 aromatic carbocycles. The highest BCUT2D eigenvalue weighted by Crippen LogP contribution is 2.03. The van der Waals surface area contributed by atoms with Crippen LogP contribution in [0.5, 0.6) is 0 Å². The molecular formula is C12H18N4. The van der Waals surface area contributed by atoms with Crippen molar-refractivity contribution in [2.75, 3.05) is 28.2 Å². The van der Waals surface area contributed by atoms with Gasteiger partial charge in [0.1, 0.15) is 0 Å². The van der Waals surface area contributed by atoms with Crippen LogP contribution in [0.15, 0.2) is 34.5 Å². The number of nitrogens with zero attached hydrogens (tertiary/aromatic N) is 4. The topological polar surface area (TPSA) is 31.2 Å². The fourth-order valence-electron chi connectivity index (χ4n) is 1.10. The highest BCUT2D eigenvalue weighted by atomic mass is 15.4. The fourth-order valence-corrected chi connectivity index (χ4v) is 1.10. The van der Waals surface area contributed by atoms with Gasteiger partial charge in [-0.15, -0.1) is 0 Å². The van der Waals surface area contributed by atoms with Gasteiger partial charge in [-0.1, -0.05) is 24.3 Å². The van der Waals surface area contributed by atoms with Crippen molar-refractivity contribution >= 4 is 12.4 Å². The zero-order valence-electron chi connectivity index (χ0n) is 10.3. The number of hydrogen-bond donors (Lipinski definition) is 0. The maximum atomic E-state index is 4.22. The molecule has 0 fully saturated rings. The molecule has 0 spiro atoms. The average molecular weight is 218 g/mol. The largest absolute Gasteiger partial charge is 0.303 e. The summed E-state index contributed by atoms with van der Waals surface area (Å²) < 4.78 is 0. The van der Waals surface area contributed by atoms with Crippen LogP contribution in [-0.4, -0.2) is 50.6 Å². The molecule has 1 aromatic rings. The summed E-state index contributed by atoms with van der Waals surface area (Å²) in [7, 11) is 7.58. The molecule has 4 heteroatoms. The van der Waals surface area contributed by atoms with Gasteiger partial charge < -0.3 is 10.0 Å². The van der Waals surface area contributed by atoms with E-state index in [4.69, 9.17) is 0 Å². The first-order valence-corrected chi connectivity index (χ1v) is 5.11. The first kappa shape index (κ1) is 12.2. The van der Waals surface area contributed by atoms with Crippen LogP contribution in [0.1, 0.15) is 11.1 Å². The van der Waals surface area contributed by atoms with Gasteiger partial charge in [-0.05, 0) is 0 Å². The van der Waals surface area contributed by atoms with E-state index in [2.05, 4.69) is 10.2 Å². The van der Waals surface area contributed by atoms with Crippen molar-refractivity contribution < 1.29 is 0 Å². The van der Waals surface area contributed by atoms with Crippen molar-refractivity contribution in [2.45, 2.75) is 0 Å². The summed E-state index contributed by atoms with van der Waals surface area (Å²) >= 11 is 0. The Balaban J connectivity index is 2.92. The molecule has 0 saturated carbocycles. The summed E-state index contributed by atoms with van der Waals surface area (Å²) in [4.78, 5) is 0. The van der Waals surface area contributed by atoms with Gasteiger partial charge in [-0.2, -0.15) is 10.2 Å². The standard InChI is InChI=1S/C12H18N4/c1-15(2)13-9-11-7-5-6-8-12(11)10-14-16(3)4/h5-10H,1-4H3. The van der Waals surface area contributed by atoms with Crippen molar-refractivity contribution in [3.63, 3.8) is 0 Å². The Bertz CT molecular complexity index is 343.